The Balaban J connectivity index is 1.83. The maximum absolute atomic E-state index is 11.4. The summed E-state index contributed by atoms with van der Waals surface area (Å²) in [7, 11) is 0. The maximum atomic E-state index is 11.4. The van der Waals surface area contributed by atoms with E-state index >= 15 is 0 Å². The number of ether oxygens (including phenoxy) is 2. The van der Waals surface area contributed by atoms with Crippen LogP contribution in [0.25, 0.3) is 0 Å². The number of carbonyl (C=O) groups is 1. The van der Waals surface area contributed by atoms with Crippen LogP contribution >= 0.6 is 0 Å². The van der Waals surface area contributed by atoms with Crippen LogP contribution in [0.15, 0.2) is 48.7 Å². The Labute approximate surface area is 123 Å². The van der Waals surface area contributed by atoms with Crippen molar-refractivity contribution in [1.82, 2.24) is 10.3 Å². The number of nitrogens with one attached hydrogen (secondary N) is 1. The van der Waals surface area contributed by atoms with Crippen LogP contribution in [0, 0.1) is 0 Å². The molecule has 0 radical (unpaired) electrons. The average molecular weight is 286 g/mol. The molecule has 2 rings (SSSR count). The van der Waals surface area contributed by atoms with Crippen LogP contribution < -0.4 is 14.8 Å². The lowest BCUT2D eigenvalue weighted by atomic mass is 10.3. The third kappa shape index (κ3) is 5.14. The lowest BCUT2D eigenvalue weighted by Gasteiger charge is -2.08. The van der Waals surface area contributed by atoms with Gasteiger partial charge in [0.05, 0.1) is 0 Å². The molecular weight excluding hydrogens is 268 g/mol. The lowest BCUT2D eigenvalue weighted by Crippen LogP contribution is -2.29. The standard InChI is InChI=1S/C16H18N2O3/c1-2-10-17-15(19)12-20-13-6-8-14(9-7-13)21-16-5-3-4-11-18-16/h3-9,11H,2,10,12H2,1H3,(H,17,19). The van der Waals surface area contributed by atoms with Crippen LogP contribution in [0.1, 0.15) is 13.3 Å². The molecule has 1 N–H and O–H groups in total. The molecule has 0 aliphatic rings. The molecule has 0 aliphatic heterocycles. The van der Waals surface area contributed by atoms with Crippen molar-refractivity contribution in [1.29, 1.82) is 0 Å². The number of carbonyl (C=O) groups excluding carboxylic acids is 1. The van der Waals surface area contributed by atoms with E-state index in [2.05, 4.69) is 10.3 Å². The maximum Gasteiger partial charge on any atom is 0.257 e. The minimum Gasteiger partial charge on any atom is -0.484 e. The summed E-state index contributed by atoms with van der Waals surface area (Å²) in [5.41, 5.74) is 0. The Morgan fingerprint density at radius 1 is 1.14 bits per heavy atom. The Kier molecular flexibility index (Phi) is 5.58. The SMILES string of the molecule is CCCNC(=O)COc1ccc(Oc2ccccn2)cc1. The number of hydrogen-bond acceptors (Lipinski definition) is 4. The van der Waals surface area contributed by atoms with Gasteiger partial charge in [-0.05, 0) is 36.8 Å². The Morgan fingerprint density at radius 3 is 2.57 bits per heavy atom. The molecule has 0 unspecified atom stereocenters. The molecule has 1 aromatic carbocycles. The molecule has 0 atom stereocenters. The topological polar surface area (TPSA) is 60.5 Å². The summed E-state index contributed by atoms with van der Waals surface area (Å²) in [6.07, 6.45) is 2.58. The minimum absolute atomic E-state index is 0.0143. The first-order chi connectivity index (χ1) is 10.3. The van der Waals surface area contributed by atoms with Crippen molar-refractivity contribution in [2.75, 3.05) is 13.2 Å². The number of amides is 1. The van der Waals surface area contributed by atoms with Crippen molar-refractivity contribution in [2.45, 2.75) is 13.3 Å². The zero-order valence-electron chi connectivity index (χ0n) is 11.9. The van der Waals surface area contributed by atoms with Gasteiger partial charge >= 0.3 is 0 Å². The summed E-state index contributed by atoms with van der Waals surface area (Å²) in [5.74, 6) is 1.70. The van der Waals surface area contributed by atoms with Crippen molar-refractivity contribution >= 4 is 5.91 Å². The van der Waals surface area contributed by atoms with Gasteiger partial charge in [0.25, 0.3) is 5.91 Å². The first-order valence-corrected chi connectivity index (χ1v) is 6.86. The second-order valence-corrected chi connectivity index (χ2v) is 4.38. The zero-order chi connectivity index (χ0) is 14.9. The molecule has 0 aliphatic carbocycles. The van der Waals surface area contributed by atoms with Gasteiger partial charge in [-0.2, -0.15) is 0 Å². The molecular formula is C16H18N2O3. The molecule has 0 fully saturated rings. The van der Waals surface area contributed by atoms with E-state index in [-0.39, 0.29) is 12.5 Å². The summed E-state index contributed by atoms with van der Waals surface area (Å²) in [4.78, 5) is 15.5. The summed E-state index contributed by atoms with van der Waals surface area (Å²) < 4.78 is 11.0. The normalized spacial score (nSPS) is 9.95. The minimum atomic E-state index is -0.120. The monoisotopic (exact) mass is 286 g/mol. The lowest BCUT2D eigenvalue weighted by molar-refractivity contribution is -0.123. The molecule has 1 aromatic heterocycles. The van der Waals surface area contributed by atoms with Gasteiger partial charge < -0.3 is 14.8 Å². The van der Waals surface area contributed by atoms with E-state index in [4.69, 9.17) is 9.47 Å². The average Bonchev–Trinajstić information content (AvgIpc) is 2.53. The number of benzene rings is 1. The number of nitrogens with zero attached hydrogens (tertiary/aromatic N) is 1. The number of rotatable bonds is 7. The number of pyridine rings is 1. The second-order valence-electron chi connectivity index (χ2n) is 4.38. The first-order valence-electron chi connectivity index (χ1n) is 6.86. The van der Waals surface area contributed by atoms with Gasteiger partial charge in [-0.3, -0.25) is 4.79 Å². The predicted molar refractivity (Wildman–Crippen MR) is 79.5 cm³/mol. The third-order valence-electron chi connectivity index (χ3n) is 2.63. The van der Waals surface area contributed by atoms with Gasteiger partial charge in [-0.1, -0.05) is 13.0 Å². The van der Waals surface area contributed by atoms with Crippen LogP contribution in [-0.2, 0) is 4.79 Å². The molecule has 1 amide bonds. The third-order valence-corrected chi connectivity index (χ3v) is 2.63. The van der Waals surface area contributed by atoms with Crippen molar-refractivity contribution < 1.29 is 14.3 Å². The molecule has 0 bridgehead atoms. The number of aromatic nitrogens is 1. The molecule has 0 saturated carbocycles. The zero-order valence-corrected chi connectivity index (χ0v) is 11.9. The van der Waals surface area contributed by atoms with Crippen LogP contribution in [0.5, 0.6) is 17.4 Å². The Bertz CT molecular complexity index is 555. The number of hydrogen-bond donors (Lipinski definition) is 1. The Morgan fingerprint density at radius 2 is 1.90 bits per heavy atom. The summed E-state index contributed by atoms with van der Waals surface area (Å²) in [5, 5.41) is 2.75. The largest absolute Gasteiger partial charge is 0.484 e. The van der Waals surface area contributed by atoms with Crippen LogP contribution in [-0.4, -0.2) is 24.0 Å². The fraction of sp³-hybridized carbons (Fsp3) is 0.250. The van der Waals surface area contributed by atoms with E-state index < -0.39 is 0 Å². The van der Waals surface area contributed by atoms with Crippen LogP contribution in [0.4, 0.5) is 0 Å². The van der Waals surface area contributed by atoms with Crippen LogP contribution in [0.3, 0.4) is 0 Å². The summed E-state index contributed by atoms with van der Waals surface area (Å²) in [6, 6.07) is 12.5. The van der Waals surface area contributed by atoms with Crippen molar-refractivity contribution in [3.8, 4) is 17.4 Å². The van der Waals surface area contributed by atoms with E-state index in [0.717, 1.165) is 6.42 Å². The molecule has 0 saturated heterocycles. The predicted octanol–water partition coefficient (Wildman–Crippen LogP) is 2.78. The smallest absolute Gasteiger partial charge is 0.257 e. The van der Waals surface area contributed by atoms with E-state index in [1.165, 1.54) is 0 Å². The van der Waals surface area contributed by atoms with E-state index in [1.54, 1.807) is 36.5 Å². The quantitative estimate of drug-likeness (QED) is 0.850. The van der Waals surface area contributed by atoms with Gasteiger partial charge in [0.1, 0.15) is 11.5 Å². The van der Waals surface area contributed by atoms with Crippen molar-refractivity contribution in [2.24, 2.45) is 0 Å². The fourth-order valence-electron chi connectivity index (χ4n) is 1.60. The fourth-order valence-corrected chi connectivity index (χ4v) is 1.60. The van der Waals surface area contributed by atoms with Crippen molar-refractivity contribution in [3.05, 3.63) is 48.7 Å². The molecule has 21 heavy (non-hydrogen) atoms. The molecule has 5 nitrogen and oxygen atoms in total. The van der Waals surface area contributed by atoms with Gasteiger partial charge in [-0.25, -0.2) is 4.98 Å². The van der Waals surface area contributed by atoms with E-state index in [9.17, 15) is 4.79 Å². The summed E-state index contributed by atoms with van der Waals surface area (Å²) >= 11 is 0. The van der Waals surface area contributed by atoms with E-state index in [1.807, 2.05) is 19.1 Å². The van der Waals surface area contributed by atoms with Gasteiger partial charge in [0, 0.05) is 18.8 Å². The first kappa shape index (κ1) is 14.8. The molecule has 110 valence electrons. The van der Waals surface area contributed by atoms with Crippen LogP contribution in [0.2, 0.25) is 0 Å². The summed E-state index contributed by atoms with van der Waals surface area (Å²) in [6.45, 7) is 2.68. The van der Waals surface area contributed by atoms with E-state index in [0.29, 0.717) is 23.9 Å². The molecule has 2 aromatic rings. The molecule has 0 spiro atoms. The molecule has 5 heteroatoms. The highest BCUT2D eigenvalue weighted by atomic mass is 16.5. The van der Waals surface area contributed by atoms with Gasteiger partial charge in [0.2, 0.25) is 5.88 Å². The van der Waals surface area contributed by atoms with Gasteiger partial charge in [0.15, 0.2) is 6.61 Å². The van der Waals surface area contributed by atoms with Gasteiger partial charge in [-0.15, -0.1) is 0 Å². The second kappa shape index (κ2) is 7.89. The highest BCUT2D eigenvalue weighted by Gasteiger charge is 2.02. The molecule has 1 heterocycles. The highest BCUT2D eigenvalue weighted by molar-refractivity contribution is 5.77. The highest BCUT2D eigenvalue weighted by Crippen LogP contribution is 2.21. The Hall–Kier alpha value is -2.56. The van der Waals surface area contributed by atoms with Crippen molar-refractivity contribution in [3.63, 3.8) is 0 Å².